The molecule has 0 spiro atoms. The number of carbonyl (C=O) groups is 1. The second-order valence-corrected chi connectivity index (χ2v) is 11.6. The molecule has 5 heterocycles. The van der Waals surface area contributed by atoms with Crippen molar-refractivity contribution in [3.63, 3.8) is 0 Å². The van der Waals surface area contributed by atoms with E-state index < -0.39 is 5.54 Å². The van der Waals surface area contributed by atoms with Gasteiger partial charge in [-0.05, 0) is 50.0 Å². The lowest BCUT2D eigenvalue weighted by molar-refractivity contribution is -0.946. The predicted molar refractivity (Wildman–Crippen MR) is 144 cm³/mol. The van der Waals surface area contributed by atoms with E-state index in [1.165, 1.54) is 36.0 Å². The number of carbonyl (C=O) groups excluding carboxylic acids is 1. The summed E-state index contributed by atoms with van der Waals surface area (Å²) in [6.07, 6.45) is 9.14. The Bertz CT molecular complexity index is 1200. The minimum absolute atomic E-state index is 0. The van der Waals surface area contributed by atoms with Gasteiger partial charge >= 0.3 is 5.97 Å². The SMILES string of the molecule is C[C@](C(=O)O[C@H]1C[N+]2(CCc3c[nH]c4ccccc34)CCC1CC2)(c1ccccc1)N1CCCCC1.[Br-]. The van der Waals surface area contributed by atoms with E-state index in [0.29, 0.717) is 5.92 Å². The number of fused-ring (bicyclic) bond motifs is 4. The maximum Gasteiger partial charge on any atom is 0.331 e. The number of piperidine rings is 4. The smallest absolute Gasteiger partial charge is 0.331 e. The Hall–Kier alpha value is -2.15. The Balaban J connectivity index is 0.00000280. The molecule has 1 aromatic heterocycles. The van der Waals surface area contributed by atoms with Gasteiger partial charge in [0.1, 0.15) is 12.1 Å². The molecule has 198 valence electrons. The van der Waals surface area contributed by atoms with Gasteiger partial charge in [0.15, 0.2) is 6.10 Å². The van der Waals surface area contributed by atoms with Gasteiger partial charge in [0.05, 0.1) is 19.6 Å². The quantitative estimate of drug-likeness (QED) is 0.353. The number of halogens is 1. The first kappa shape index (κ1) is 26.5. The Morgan fingerprint density at radius 2 is 1.73 bits per heavy atom. The Kier molecular flexibility index (Phi) is 7.80. The molecule has 2 bridgehead atoms. The Morgan fingerprint density at radius 1 is 1.03 bits per heavy atom. The van der Waals surface area contributed by atoms with Crippen molar-refractivity contribution in [3.05, 3.63) is 71.9 Å². The number of para-hydroxylation sites is 1. The molecule has 4 saturated heterocycles. The molecule has 0 amide bonds. The van der Waals surface area contributed by atoms with Crippen molar-refractivity contribution in [3.8, 4) is 0 Å². The van der Waals surface area contributed by atoms with Crippen LogP contribution < -0.4 is 17.0 Å². The fourth-order valence-corrected chi connectivity index (χ4v) is 7.15. The summed E-state index contributed by atoms with van der Waals surface area (Å²) < 4.78 is 7.61. The van der Waals surface area contributed by atoms with E-state index in [-0.39, 0.29) is 29.1 Å². The molecule has 3 aromatic rings. The topological polar surface area (TPSA) is 45.3 Å². The van der Waals surface area contributed by atoms with Gasteiger partial charge in [-0.3, -0.25) is 4.90 Å². The van der Waals surface area contributed by atoms with Crippen molar-refractivity contribution in [2.45, 2.75) is 57.1 Å². The van der Waals surface area contributed by atoms with E-state index in [1.54, 1.807) is 0 Å². The van der Waals surface area contributed by atoms with Crippen molar-refractivity contribution in [2.75, 3.05) is 39.3 Å². The normalized spacial score (nSPS) is 27.4. The highest BCUT2D eigenvalue weighted by Gasteiger charge is 2.50. The van der Waals surface area contributed by atoms with Crippen LogP contribution in [-0.4, -0.2) is 65.7 Å². The number of esters is 1. The number of benzene rings is 2. The van der Waals surface area contributed by atoms with Gasteiger partial charge in [-0.2, -0.15) is 0 Å². The average Bonchev–Trinajstić information content (AvgIpc) is 3.36. The number of hydrogen-bond acceptors (Lipinski definition) is 3. The lowest BCUT2D eigenvalue weighted by Gasteiger charge is -2.52. The van der Waals surface area contributed by atoms with Gasteiger partial charge in [-0.25, -0.2) is 4.79 Å². The zero-order valence-electron chi connectivity index (χ0n) is 22.0. The zero-order chi connectivity index (χ0) is 24.6. The number of hydrogen-bond donors (Lipinski definition) is 1. The number of aromatic nitrogens is 1. The molecule has 4 fully saturated rings. The average molecular weight is 567 g/mol. The summed E-state index contributed by atoms with van der Waals surface area (Å²) in [4.78, 5) is 19.8. The molecule has 7 rings (SSSR count). The third-order valence-electron chi connectivity index (χ3n) is 9.55. The van der Waals surface area contributed by atoms with Crippen LogP contribution in [0.1, 0.15) is 50.2 Å². The van der Waals surface area contributed by atoms with Gasteiger partial charge in [-0.15, -0.1) is 0 Å². The number of nitrogens with zero attached hydrogens (tertiary/aromatic N) is 2. The standard InChI is InChI=1S/C31H40N3O2.BrH/c1-31(26-10-4-2-5-11-26,33-17-8-3-9-18-33)30(35)36-29-23-34(19-14-24(29)15-20-34)21-16-25-22-32-28-13-7-6-12-27(25)28;/h2,4-7,10-13,22,24,29,32H,3,8-9,14-21,23H2,1H3;1H/q+1;/p-1/t24?,29-,31+,34?;/m0./s1. The largest absolute Gasteiger partial charge is 1.00 e. The van der Waals surface area contributed by atoms with Crippen LogP contribution in [0.4, 0.5) is 0 Å². The highest BCUT2D eigenvalue weighted by molar-refractivity contribution is 5.83. The maximum absolute atomic E-state index is 14.0. The summed E-state index contributed by atoms with van der Waals surface area (Å²) >= 11 is 0. The number of nitrogens with one attached hydrogen (secondary N) is 1. The minimum atomic E-state index is -0.720. The van der Waals surface area contributed by atoms with Gasteiger partial charge in [-0.1, -0.05) is 55.0 Å². The Morgan fingerprint density at radius 3 is 2.49 bits per heavy atom. The molecule has 5 nitrogen and oxygen atoms in total. The fraction of sp³-hybridized carbons (Fsp3) is 0.516. The zero-order valence-corrected chi connectivity index (χ0v) is 23.6. The number of quaternary nitrogens is 1. The first-order chi connectivity index (χ1) is 17.6. The first-order valence-corrected chi connectivity index (χ1v) is 14.0. The van der Waals surface area contributed by atoms with Gasteiger partial charge in [0.2, 0.25) is 0 Å². The summed E-state index contributed by atoms with van der Waals surface area (Å²) in [5.74, 6) is 0.451. The van der Waals surface area contributed by atoms with Crippen molar-refractivity contribution in [1.82, 2.24) is 9.88 Å². The van der Waals surface area contributed by atoms with Crippen molar-refractivity contribution >= 4 is 16.9 Å². The predicted octanol–water partition coefficient (Wildman–Crippen LogP) is 2.27. The summed E-state index contributed by atoms with van der Waals surface area (Å²) in [5, 5.41) is 1.34. The highest BCUT2D eigenvalue weighted by Crippen LogP contribution is 2.39. The van der Waals surface area contributed by atoms with E-state index in [1.807, 2.05) is 18.2 Å². The molecule has 0 saturated carbocycles. The van der Waals surface area contributed by atoms with Crippen molar-refractivity contribution in [1.29, 1.82) is 0 Å². The number of H-pyrrole nitrogens is 1. The van der Waals surface area contributed by atoms with Gasteiger partial charge < -0.3 is 31.2 Å². The van der Waals surface area contributed by atoms with Crippen LogP contribution >= 0.6 is 0 Å². The van der Waals surface area contributed by atoms with Crippen LogP contribution in [-0.2, 0) is 21.5 Å². The monoisotopic (exact) mass is 565 g/mol. The van der Waals surface area contributed by atoms with Crippen LogP contribution in [0.2, 0.25) is 0 Å². The van der Waals surface area contributed by atoms with E-state index in [0.717, 1.165) is 68.3 Å². The molecule has 4 aliphatic heterocycles. The fourth-order valence-electron chi connectivity index (χ4n) is 7.15. The third-order valence-corrected chi connectivity index (χ3v) is 9.55. The highest BCUT2D eigenvalue weighted by atomic mass is 79.9. The molecule has 1 N–H and O–H groups in total. The molecular formula is C31H40BrN3O2. The summed E-state index contributed by atoms with van der Waals surface area (Å²) in [7, 11) is 0. The molecule has 2 atom stereocenters. The number of aromatic amines is 1. The molecule has 37 heavy (non-hydrogen) atoms. The van der Waals surface area contributed by atoms with E-state index in [9.17, 15) is 4.79 Å². The number of ether oxygens (including phenoxy) is 1. The van der Waals surface area contributed by atoms with Gasteiger partial charge in [0.25, 0.3) is 0 Å². The molecule has 2 aromatic carbocycles. The molecule has 4 aliphatic rings. The van der Waals surface area contributed by atoms with E-state index in [2.05, 4.69) is 59.4 Å². The maximum atomic E-state index is 14.0. The number of likely N-dealkylation sites (tertiary alicyclic amines) is 1. The first-order valence-electron chi connectivity index (χ1n) is 14.0. The Labute approximate surface area is 231 Å². The van der Waals surface area contributed by atoms with Crippen LogP contribution in [0, 0.1) is 5.92 Å². The lowest BCUT2D eigenvalue weighted by Crippen LogP contribution is -3.00. The molecule has 6 heteroatoms. The second-order valence-electron chi connectivity index (χ2n) is 11.6. The van der Waals surface area contributed by atoms with Gasteiger partial charge in [0, 0.05) is 42.3 Å². The third kappa shape index (κ3) is 5.00. The number of rotatable bonds is 7. The second kappa shape index (κ2) is 10.9. The summed E-state index contributed by atoms with van der Waals surface area (Å²) in [5.41, 5.74) is 2.96. The van der Waals surface area contributed by atoms with Crippen LogP contribution in [0.3, 0.4) is 0 Å². The summed E-state index contributed by atoms with van der Waals surface area (Å²) in [6, 6.07) is 18.9. The molecular weight excluding hydrogens is 526 g/mol. The summed E-state index contributed by atoms with van der Waals surface area (Å²) in [6.45, 7) is 8.51. The van der Waals surface area contributed by atoms with Crippen LogP contribution in [0.15, 0.2) is 60.8 Å². The minimum Gasteiger partial charge on any atom is -1.00 e. The molecule has 0 unspecified atom stereocenters. The molecule has 0 radical (unpaired) electrons. The van der Waals surface area contributed by atoms with E-state index >= 15 is 0 Å². The van der Waals surface area contributed by atoms with Crippen molar-refractivity contribution in [2.24, 2.45) is 5.92 Å². The van der Waals surface area contributed by atoms with Crippen LogP contribution in [0.25, 0.3) is 10.9 Å². The molecule has 0 aliphatic carbocycles. The van der Waals surface area contributed by atoms with Crippen molar-refractivity contribution < 1.29 is 31.0 Å². The lowest BCUT2D eigenvalue weighted by atomic mass is 9.82. The van der Waals surface area contributed by atoms with Crippen LogP contribution in [0.5, 0.6) is 0 Å². The van der Waals surface area contributed by atoms with E-state index in [4.69, 9.17) is 4.74 Å².